The van der Waals surface area contributed by atoms with Gasteiger partial charge < -0.3 is 10.4 Å². The number of rotatable bonds is 3. The van der Waals surface area contributed by atoms with Crippen LogP contribution in [-0.2, 0) is 6.54 Å². The summed E-state index contributed by atoms with van der Waals surface area (Å²) in [6, 6.07) is 6.14. The highest BCUT2D eigenvalue weighted by molar-refractivity contribution is 9.10. The van der Waals surface area contributed by atoms with Crippen molar-refractivity contribution in [2.24, 2.45) is 0 Å². The lowest BCUT2D eigenvalue weighted by atomic mass is 10.2. The van der Waals surface area contributed by atoms with Gasteiger partial charge in [-0.25, -0.2) is 0 Å². The molecule has 1 aromatic carbocycles. The topological polar surface area (TPSA) is 32.3 Å². The lowest BCUT2D eigenvalue weighted by molar-refractivity contribution is 0.148. The minimum atomic E-state index is -0.184. The largest absolute Gasteiger partial charge is 0.392 e. The van der Waals surface area contributed by atoms with E-state index in [4.69, 9.17) is 11.6 Å². The van der Waals surface area contributed by atoms with Crippen LogP contribution in [0.1, 0.15) is 24.8 Å². The number of hydrogen-bond acceptors (Lipinski definition) is 2. The SMILES string of the molecule is OC1CCCC1NCc1ccc(Cl)c(Br)c1. The first kappa shape index (κ1) is 12.4. The fourth-order valence-electron chi connectivity index (χ4n) is 2.08. The maximum Gasteiger partial charge on any atom is 0.0693 e. The predicted molar refractivity (Wildman–Crippen MR) is 69.6 cm³/mol. The van der Waals surface area contributed by atoms with E-state index in [0.717, 1.165) is 35.3 Å². The molecule has 2 rings (SSSR count). The highest BCUT2D eigenvalue weighted by Gasteiger charge is 2.24. The molecule has 0 aromatic heterocycles. The second-order valence-electron chi connectivity index (χ2n) is 4.23. The zero-order chi connectivity index (χ0) is 11.5. The molecule has 2 unspecified atom stereocenters. The van der Waals surface area contributed by atoms with Crippen molar-refractivity contribution in [1.29, 1.82) is 0 Å². The molecule has 0 saturated heterocycles. The number of aliphatic hydroxyl groups excluding tert-OH is 1. The Morgan fingerprint density at radius 3 is 2.88 bits per heavy atom. The molecule has 0 amide bonds. The summed E-state index contributed by atoms with van der Waals surface area (Å²) in [6.45, 7) is 0.775. The van der Waals surface area contributed by atoms with Crippen molar-refractivity contribution in [3.05, 3.63) is 33.3 Å². The van der Waals surface area contributed by atoms with Crippen molar-refractivity contribution >= 4 is 27.5 Å². The molecule has 2 nitrogen and oxygen atoms in total. The van der Waals surface area contributed by atoms with Crippen molar-refractivity contribution in [2.45, 2.75) is 38.0 Å². The Bertz CT molecular complexity index is 372. The molecule has 2 N–H and O–H groups in total. The summed E-state index contributed by atoms with van der Waals surface area (Å²) >= 11 is 9.33. The number of aliphatic hydroxyl groups is 1. The molecule has 1 aliphatic rings. The van der Waals surface area contributed by atoms with Gasteiger partial charge in [0.25, 0.3) is 0 Å². The van der Waals surface area contributed by atoms with E-state index in [9.17, 15) is 5.11 Å². The lowest BCUT2D eigenvalue weighted by Gasteiger charge is -2.16. The summed E-state index contributed by atoms with van der Waals surface area (Å²) < 4.78 is 0.917. The third kappa shape index (κ3) is 2.98. The summed E-state index contributed by atoms with van der Waals surface area (Å²) in [5, 5.41) is 13.8. The minimum absolute atomic E-state index is 0.184. The van der Waals surface area contributed by atoms with Crippen LogP contribution in [0.25, 0.3) is 0 Å². The summed E-state index contributed by atoms with van der Waals surface area (Å²) in [7, 11) is 0. The molecule has 1 aliphatic carbocycles. The van der Waals surface area contributed by atoms with Crippen LogP contribution in [-0.4, -0.2) is 17.3 Å². The van der Waals surface area contributed by atoms with E-state index in [0.29, 0.717) is 0 Å². The number of halogens is 2. The average Bonchev–Trinajstić information content (AvgIpc) is 2.66. The molecular formula is C12H15BrClNO. The van der Waals surface area contributed by atoms with E-state index < -0.39 is 0 Å². The second-order valence-corrected chi connectivity index (χ2v) is 5.50. The predicted octanol–water partition coefficient (Wildman–Crippen LogP) is 3.11. The Morgan fingerprint density at radius 1 is 1.44 bits per heavy atom. The van der Waals surface area contributed by atoms with Crippen molar-refractivity contribution in [3.8, 4) is 0 Å². The van der Waals surface area contributed by atoms with Crippen LogP contribution in [0, 0.1) is 0 Å². The van der Waals surface area contributed by atoms with Gasteiger partial charge in [0, 0.05) is 17.1 Å². The smallest absolute Gasteiger partial charge is 0.0693 e. The van der Waals surface area contributed by atoms with Gasteiger partial charge in [-0.3, -0.25) is 0 Å². The van der Waals surface area contributed by atoms with E-state index in [1.807, 2.05) is 18.2 Å². The van der Waals surface area contributed by atoms with Gasteiger partial charge >= 0.3 is 0 Å². The summed E-state index contributed by atoms with van der Waals surface area (Å²) in [5.41, 5.74) is 1.18. The van der Waals surface area contributed by atoms with Gasteiger partial charge in [-0.05, 0) is 52.9 Å². The van der Waals surface area contributed by atoms with Gasteiger partial charge in [0.05, 0.1) is 11.1 Å². The number of hydrogen-bond donors (Lipinski definition) is 2. The van der Waals surface area contributed by atoms with Crippen molar-refractivity contribution in [2.75, 3.05) is 0 Å². The van der Waals surface area contributed by atoms with Gasteiger partial charge in [0.2, 0.25) is 0 Å². The van der Waals surface area contributed by atoms with Crippen molar-refractivity contribution < 1.29 is 5.11 Å². The van der Waals surface area contributed by atoms with Crippen LogP contribution in [0.5, 0.6) is 0 Å². The highest BCUT2D eigenvalue weighted by Crippen LogP contribution is 2.24. The summed E-state index contributed by atoms with van der Waals surface area (Å²) in [6.07, 6.45) is 2.91. The van der Waals surface area contributed by atoms with E-state index in [1.54, 1.807) is 0 Å². The molecule has 0 heterocycles. The Hall–Kier alpha value is -0.0900. The molecule has 1 saturated carbocycles. The zero-order valence-corrected chi connectivity index (χ0v) is 11.3. The Balaban J connectivity index is 1.91. The molecule has 0 aliphatic heterocycles. The van der Waals surface area contributed by atoms with Crippen LogP contribution in [0.2, 0.25) is 5.02 Å². The van der Waals surface area contributed by atoms with Crippen LogP contribution in [0.15, 0.2) is 22.7 Å². The summed E-state index contributed by atoms with van der Waals surface area (Å²) in [5.74, 6) is 0. The molecule has 0 radical (unpaired) electrons. The van der Waals surface area contributed by atoms with Crippen molar-refractivity contribution in [3.63, 3.8) is 0 Å². The fraction of sp³-hybridized carbons (Fsp3) is 0.500. The normalized spacial score (nSPS) is 24.9. The van der Waals surface area contributed by atoms with E-state index in [2.05, 4.69) is 21.2 Å². The van der Waals surface area contributed by atoms with E-state index in [-0.39, 0.29) is 12.1 Å². The molecule has 1 aromatic rings. The third-order valence-electron chi connectivity index (χ3n) is 3.03. The van der Waals surface area contributed by atoms with Gasteiger partial charge in [-0.15, -0.1) is 0 Å². The van der Waals surface area contributed by atoms with Crippen LogP contribution in [0.3, 0.4) is 0 Å². The van der Waals surface area contributed by atoms with Gasteiger partial charge in [-0.1, -0.05) is 17.7 Å². The van der Waals surface area contributed by atoms with E-state index in [1.165, 1.54) is 5.56 Å². The number of benzene rings is 1. The quantitative estimate of drug-likeness (QED) is 0.899. The van der Waals surface area contributed by atoms with Crippen LogP contribution < -0.4 is 5.32 Å². The Labute approximate surface area is 109 Å². The van der Waals surface area contributed by atoms with Crippen molar-refractivity contribution in [1.82, 2.24) is 5.32 Å². The molecule has 4 heteroatoms. The lowest BCUT2D eigenvalue weighted by Crippen LogP contribution is -2.35. The molecule has 16 heavy (non-hydrogen) atoms. The fourth-order valence-corrected chi connectivity index (χ4v) is 2.62. The maximum atomic E-state index is 9.67. The van der Waals surface area contributed by atoms with Gasteiger partial charge in [0.1, 0.15) is 0 Å². The summed E-state index contributed by atoms with van der Waals surface area (Å²) in [4.78, 5) is 0. The first-order valence-corrected chi connectivity index (χ1v) is 6.69. The standard InChI is InChI=1S/C12H15BrClNO/c13-9-6-8(4-5-10(9)14)7-15-11-2-1-3-12(11)16/h4-6,11-12,15-16H,1-3,7H2. The second kappa shape index (κ2) is 5.50. The monoisotopic (exact) mass is 303 g/mol. The highest BCUT2D eigenvalue weighted by atomic mass is 79.9. The minimum Gasteiger partial charge on any atom is -0.392 e. The van der Waals surface area contributed by atoms with E-state index >= 15 is 0 Å². The van der Waals surface area contributed by atoms with Crippen LogP contribution >= 0.6 is 27.5 Å². The Morgan fingerprint density at radius 2 is 2.25 bits per heavy atom. The molecule has 1 fully saturated rings. The van der Waals surface area contributed by atoms with Gasteiger partial charge in [-0.2, -0.15) is 0 Å². The molecule has 88 valence electrons. The Kier molecular flexibility index (Phi) is 4.25. The molecule has 0 bridgehead atoms. The first-order chi connectivity index (χ1) is 7.66. The third-order valence-corrected chi connectivity index (χ3v) is 4.25. The van der Waals surface area contributed by atoms with Crippen LogP contribution in [0.4, 0.5) is 0 Å². The number of nitrogens with one attached hydrogen (secondary N) is 1. The first-order valence-electron chi connectivity index (χ1n) is 5.52. The zero-order valence-electron chi connectivity index (χ0n) is 8.92. The van der Waals surface area contributed by atoms with Gasteiger partial charge in [0.15, 0.2) is 0 Å². The molecule has 0 spiro atoms. The average molecular weight is 305 g/mol. The molecule has 2 atom stereocenters. The molecular weight excluding hydrogens is 289 g/mol. The maximum absolute atomic E-state index is 9.67.